The van der Waals surface area contributed by atoms with Gasteiger partial charge in [-0.25, -0.2) is 9.97 Å². The van der Waals surface area contributed by atoms with E-state index < -0.39 is 0 Å². The van der Waals surface area contributed by atoms with Gasteiger partial charge in [-0.15, -0.1) is 11.3 Å². The third-order valence-electron chi connectivity index (χ3n) is 11.0. The predicted molar refractivity (Wildman–Crippen MR) is 215 cm³/mol. The van der Waals surface area contributed by atoms with E-state index in [2.05, 4.69) is 170 Å². The summed E-state index contributed by atoms with van der Waals surface area (Å²) in [5.74, 6) is 0.685. The number of hydrogen-bond donors (Lipinski definition) is 0. The molecule has 4 heteroatoms. The van der Waals surface area contributed by atoms with Crippen molar-refractivity contribution >= 4 is 64.2 Å². The molecule has 0 amide bonds. The largest absolute Gasteiger partial charge is 0.277 e. The standard InChI is InChI=1S/C47H31N3S/c1-47(2)37-18-7-3-14-35(37)42-38(47)27-26-33-31-12-5-9-20-40(31)50(44(33)42)46-48-39-19-8-4-15-36(39)43(49-46)29-24-22-28(23-25-29)30-16-11-17-34-32-13-6-10-21-41(32)51-45(30)34/h3-27H,1-2H3. The molecule has 0 atom stereocenters. The molecule has 0 fully saturated rings. The van der Waals surface area contributed by atoms with E-state index in [9.17, 15) is 0 Å². The van der Waals surface area contributed by atoms with Crippen molar-refractivity contribution in [1.82, 2.24) is 14.5 Å². The Morgan fingerprint density at radius 3 is 2.08 bits per heavy atom. The average molecular weight is 670 g/mol. The Morgan fingerprint density at radius 1 is 0.510 bits per heavy atom. The van der Waals surface area contributed by atoms with Gasteiger partial charge in [-0.3, -0.25) is 4.57 Å². The molecule has 0 saturated heterocycles. The first-order valence-corrected chi connectivity index (χ1v) is 18.3. The molecule has 1 aliphatic rings. The van der Waals surface area contributed by atoms with Crippen LogP contribution >= 0.6 is 11.3 Å². The van der Waals surface area contributed by atoms with Gasteiger partial charge in [0.25, 0.3) is 0 Å². The number of aromatic nitrogens is 3. The Morgan fingerprint density at radius 2 is 1.20 bits per heavy atom. The van der Waals surface area contributed by atoms with Gasteiger partial charge in [0.2, 0.25) is 5.95 Å². The van der Waals surface area contributed by atoms with Crippen LogP contribution in [-0.4, -0.2) is 14.5 Å². The first kappa shape index (κ1) is 28.7. The van der Waals surface area contributed by atoms with Gasteiger partial charge in [0.1, 0.15) is 0 Å². The Hall–Kier alpha value is -6.10. The minimum Gasteiger partial charge on any atom is -0.277 e. The lowest BCUT2D eigenvalue weighted by molar-refractivity contribution is 0.661. The fraction of sp³-hybridized carbons (Fsp3) is 0.0638. The number of fused-ring (bicyclic) bond motifs is 11. The fourth-order valence-electron chi connectivity index (χ4n) is 8.62. The van der Waals surface area contributed by atoms with Crippen LogP contribution in [-0.2, 0) is 5.41 Å². The lowest BCUT2D eigenvalue weighted by Crippen LogP contribution is -2.14. The Kier molecular flexibility index (Phi) is 5.89. The minimum absolute atomic E-state index is 0.112. The molecule has 7 aromatic carbocycles. The maximum Gasteiger partial charge on any atom is 0.235 e. The summed E-state index contributed by atoms with van der Waals surface area (Å²) in [6.45, 7) is 4.68. The van der Waals surface area contributed by atoms with Gasteiger partial charge in [0.05, 0.1) is 22.2 Å². The van der Waals surface area contributed by atoms with Gasteiger partial charge in [-0.2, -0.15) is 0 Å². The van der Waals surface area contributed by atoms with Crippen LogP contribution in [0.1, 0.15) is 25.0 Å². The second-order valence-corrected chi connectivity index (χ2v) is 15.2. The molecular formula is C47H31N3S. The SMILES string of the molecule is CC1(C)c2ccccc2-c2c1ccc1c3ccccc3n(-c3nc(-c4ccc(-c5cccc6c5sc5ccccc56)cc4)c4ccccc4n3)c21. The fourth-order valence-corrected chi connectivity index (χ4v) is 9.85. The van der Waals surface area contributed by atoms with Crippen LogP contribution in [0.15, 0.2) is 152 Å². The smallest absolute Gasteiger partial charge is 0.235 e. The highest BCUT2D eigenvalue weighted by atomic mass is 32.1. The van der Waals surface area contributed by atoms with Crippen LogP contribution in [0.3, 0.4) is 0 Å². The number of para-hydroxylation sites is 2. The summed E-state index contributed by atoms with van der Waals surface area (Å²) in [4.78, 5) is 10.8. The second kappa shape index (κ2) is 10.5. The molecule has 0 aliphatic heterocycles. The molecule has 51 heavy (non-hydrogen) atoms. The molecule has 10 aromatic rings. The van der Waals surface area contributed by atoms with E-state index in [0.717, 1.165) is 27.7 Å². The van der Waals surface area contributed by atoms with E-state index >= 15 is 0 Å². The van der Waals surface area contributed by atoms with Crippen molar-refractivity contribution in [1.29, 1.82) is 0 Å². The molecule has 3 nitrogen and oxygen atoms in total. The van der Waals surface area contributed by atoms with Crippen LogP contribution in [0, 0.1) is 0 Å². The molecule has 240 valence electrons. The zero-order valence-corrected chi connectivity index (χ0v) is 29.0. The molecule has 11 rings (SSSR count). The number of nitrogens with zero attached hydrogens (tertiary/aromatic N) is 3. The highest BCUT2D eigenvalue weighted by Gasteiger charge is 2.37. The zero-order valence-electron chi connectivity index (χ0n) is 28.2. The van der Waals surface area contributed by atoms with E-state index in [-0.39, 0.29) is 5.41 Å². The Balaban J connectivity index is 1.14. The Bertz CT molecular complexity index is 3050. The van der Waals surface area contributed by atoms with Crippen molar-refractivity contribution in [3.63, 3.8) is 0 Å². The van der Waals surface area contributed by atoms with Gasteiger partial charge < -0.3 is 0 Å². The quantitative estimate of drug-likeness (QED) is 0.187. The maximum atomic E-state index is 5.47. The molecule has 3 aromatic heterocycles. The molecule has 0 N–H and O–H groups in total. The number of hydrogen-bond acceptors (Lipinski definition) is 3. The van der Waals surface area contributed by atoms with Crippen molar-refractivity contribution in [3.8, 4) is 39.5 Å². The van der Waals surface area contributed by atoms with Crippen LogP contribution in [0.2, 0.25) is 0 Å². The highest BCUT2D eigenvalue weighted by molar-refractivity contribution is 7.26. The molecule has 0 radical (unpaired) electrons. The zero-order chi connectivity index (χ0) is 33.8. The summed E-state index contributed by atoms with van der Waals surface area (Å²) in [5, 5.41) is 6.09. The lowest BCUT2D eigenvalue weighted by Gasteiger charge is -2.21. The predicted octanol–water partition coefficient (Wildman–Crippen LogP) is 12.7. The van der Waals surface area contributed by atoms with Gasteiger partial charge in [0, 0.05) is 52.9 Å². The van der Waals surface area contributed by atoms with E-state index in [1.54, 1.807) is 0 Å². The maximum absolute atomic E-state index is 5.47. The van der Waals surface area contributed by atoms with Crippen molar-refractivity contribution in [2.75, 3.05) is 0 Å². The lowest BCUT2D eigenvalue weighted by atomic mass is 9.82. The van der Waals surface area contributed by atoms with Gasteiger partial charge in [-0.1, -0.05) is 147 Å². The van der Waals surface area contributed by atoms with E-state index in [1.165, 1.54) is 69.8 Å². The van der Waals surface area contributed by atoms with E-state index in [4.69, 9.17) is 9.97 Å². The summed E-state index contributed by atoms with van der Waals surface area (Å²) >= 11 is 1.87. The van der Waals surface area contributed by atoms with E-state index in [0.29, 0.717) is 5.95 Å². The van der Waals surface area contributed by atoms with Gasteiger partial charge >= 0.3 is 0 Å². The normalized spacial score (nSPS) is 13.5. The third-order valence-corrected chi connectivity index (χ3v) is 12.3. The van der Waals surface area contributed by atoms with Crippen molar-refractivity contribution < 1.29 is 0 Å². The number of benzene rings is 7. The molecule has 0 spiro atoms. The first-order chi connectivity index (χ1) is 25.1. The van der Waals surface area contributed by atoms with Crippen LogP contribution in [0.4, 0.5) is 0 Å². The monoisotopic (exact) mass is 669 g/mol. The number of rotatable bonds is 3. The van der Waals surface area contributed by atoms with Crippen molar-refractivity contribution in [2.45, 2.75) is 19.3 Å². The molecule has 1 aliphatic carbocycles. The molecule has 0 bridgehead atoms. The summed E-state index contributed by atoms with van der Waals surface area (Å²) in [5.41, 5.74) is 12.8. The molecule has 0 unspecified atom stereocenters. The summed E-state index contributed by atoms with van der Waals surface area (Å²) in [7, 11) is 0. The molecule has 0 saturated carbocycles. The third kappa shape index (κ3) is 3.99. The van der Waals surface area contributed by atoms with E-state index in [1.807, 2.05) is 11.3 Å². The Labute approximate surface area is 299 Å². The highest BCUT2D eigenvalue weighted by Crippen LogP contribution is 2.53. The molecule has 3 heterocycles. The van der Waals surface area contributed by atoms with Crippen LogP contribution in [0.5, 0.6) is 0 Å². The topological polar surface area (TPSA) is 30.7 Å². The van der Waals surface area contributed by atoms with Crippen LogP contribution in [0.25, 0.3) is 92.3 Å². The van der Waals surface area contributed by atoms with Gasteiger partial charge in [0.15, 0.2) is 0 Å². The van der Waals surface area contributed by atoms with Gasteiger partial charge in [-0.05, 0) is 46.0 Å². The summed E-state index contributed by atoms with van der Waals surface area (Å²) < 4.78 is 4.96. The summed E-state index contributed by atoms with van der Waals surface area (Å²) in [6, 6.07) is 54.9. The second-order valence-electron chi connectivity index (χ2n) is 14.2. The summed E-state index contributed by atoms with van der Waals surface area (Å²) in [6.07, 6.45) is 0. The van der Waals surface area contributed by atoms with Crippen LogP contribution < -0.4 is 0 Å². The molecular weight excluding hydrogens is 639 g/mol. The van der Waals surface area contributed by atoms with Crippen molar-refractivity contribution in [3.05, 3.63) is 163 Å². The number of thiophene rings is 1. The minimum atomic E-state index is -0.112. The average Bonchev–Trinajstić information content (AvgIpc) is 3.80. The van der Waals surface area contributed by atoms with Crippen molar-refractivity contribution in [2.24, 2.45) is 0 Å². The first-order valence-electron chi connectivity index (χ1n) is 17.5.